The Morgan fingerprint density at radius 3 is 3.19 bits per heavy atom. The van der Waals surface area contributed by atoms with E-state index in [9.17, 15) is 0 Å². The van der Waals surface area contributed by atoms with Crippen molar-refractivity contribution in [1.29, 1.82) is 0 Å². The van der Waals surface area contributed by atoms with Gasteiger partial charge < -0.3 is 10.1 Å². The summed E-state index contributed by atoms with van der Waals surface area (Å²) in [4.78, 5) is 4.21. The molecule has 1 aliphatic heterocycles. The van der Waals surface area contributed by atoms with E-state index in [0.717, 1.165) is 18.2 Å². The largest absolute Gasteiger partial charge is 0.495 e. The molecule has 1 saturated heterocycles. The highest BCUT2D eigenvalue weighted by atomic mass is 16.5. The molecule has 0 saturated carbocycles. The summed E-state index contributed by atoms with van der Waals surface area (Å²) in [5.41, 5.74) is 2.61. The van der Waals surface area contributed by atoms with Crippen LogP contribution in [0.15, 0.2) is 24.5 Å². The van der Waals surface area contributed by atoms with Gasteiger partial charge in [0.05, 0.1) is 13.3 Å². The summed E-state index contributed by atoms with van der Waals surface area (Å²) in [5, 5.41) is 3.52. The minimum atomic E-state index is 0.584. The van der Waals surface area contributed by atoms with Crippen LogP contribution in [0.4, 0.5) is 0 Å². The fourth-order valence-corrected chi connectivity index (χ4v) is 2.69. The zero-order valence-electron chi connectivity index (χ0n) is 9.44. The molecule has 1 N–H and O–H groups in total. The number of fused-ring (bicyclic) bond motifs is 1. The molecule has 1 aliphatic carbocycles. The summed E-state index contributed by atoms with van der Waals surface area (Å²) in [6.45, 7) is 1.16. The summed E-state index contributed by atoms with van der Waals surface area (Å²) >= 11 is 0. The van der Waals surface area contributed by atoms with Gasteiger partial charge in [-0.25, -0.2) is 0 Å². The number of nitrogens with zero attached hydrogens (tertiary/aromatic N) is 1. The van der Waals surface area contributed by atoms with E-state index in [2.05, 4.69) is 22.4 Å². The number of rotatable bonds is 2. The van der Waals surface area contributed by atoms with Crippen molar-refractivity contribution in [2.24, 2.45) is 5.92 Å². The van der Waals surface area contributed by atoms with E-state index in [4.69, 9.17) is 4.74 Å². The molecule has 2 aliphatic rings. The van der Waals surface area contributed by atoms with Crippen LogP contribution in [0.5, 0.6) is 5.75 Å². The van der Waals surface area contributed by atoms with Crippen LogP contribution in [-0.4, -0.2) is 24.7 Å². The highest BCUT2D eigenvalue weighted by Gasteiger charge is 2.31. The first-order chi connectivity index (χ1) is 7.86. The van der Waals surface area contributed by atoms with Gasteiger partial charge in [-0.3, -0.25) is 4.98 Å². The van der Waals surface area contributed by atoms with Crippen LogP contribution in [0.1, 0.15) is 18.4 Å². The maximum Gasteiger partial charge on any atom is 0.137 e. The molecule has 3 rings (SSSR count). The Hall–Kier alpha value is -1.35. The third kappa shape index (κ3) is 1.61. The van der Waals surface area contributed by atoms with Crippen molar-refractivity contribution in [3.8, 4) is 5.75 Å². The average Bonchev–Trinajstić information content (AvgIpc) is 2.89. The number of methoxy groups -OCH3 is 1. The number of allylic oxidation sites excluding steroid dienone is 1. The maximum absolute atomic E-state index is 5.20. The van der Waals surface area contributed by atoms with Crippen LogP contribution in [0.3, 0.4) is 0 Å². The monoisotopic (exact) mass is 216 g/mol. The Morgan fingerprint density at radius 1 is 1.44 bits per heavy atom. The first-order valence-corrected chi connectivity index (χ1v) is 5.80. The van der Waals surface area contributed by atoms with Gasteiger partial charge in [0.2, 0.25) is 0 Å². The second-order valence-electron chi connectivity index (χ2n) is 4.54. The van der Waals surface area contributed by atoms with E-state index in [1.807, 2.05) is 6.20 Å². The van der Waals surface area contributed by atoms with Crippen molar-refractivity contribution in [1.82, 2.24) is 10.3 Å². The molecule has 1 fully saturated rings. The van der Waals surface area contributed by atoms with Crippen LogP contribution in [0.25, 0.3) is 5.57 Å². The molecule has 3 heteroatoms. The molecule has 0 aromatic carbocycles. The second-order valence-corrected chi connectivity index (χ2v) is 4.54. The third-order valence-corrected chi connectivity index (χ3v) is 3.59. The van der Waals surface area contributed by atoms with Gasteiger partial charge in [-0.2, -0.15) is 0 Å². The van der Waals surface area contributed by atoms with Gasteiger partial charge in [-0.1, -0.05) is 6.08 Å². The summed E-state index contributed by atoms with van der Waals surface area (Å²) < 4.78 is 5.20. The van der Waals surface area contributed by atoms with Crippen molar-refractivity contribution in [2.75, 3.05) is 13.7 Å². The summed E-state index contributed by atoms with van der Waals surface area (Å²) in [5.74, 6) is 1.63. The molecule has 1 aromatic heterocycles. The first kappa shape index (κ1) is 9.85. The predicted molar refractivity (Wildman–Crippen MR) is 63.3 cm³/mol. The van der Waals surface area contributed by atoms with E-state index in [0.29, 0.717) is 6.04 Å². The van der Waals surface area contributed by atoms with Gasteiger partial charge in [0, 0.05) is 12.2 Å². The molecule has 0 bridgehead atoms. The van der Waals surface area contributed by atoms with E-state index in [1.54, 1.807) is 13.3 Å². The lowest BCUT2D eigenvalue weighted by molar-refractivity contribution is 0.412. The van der Waals surface area contributed by atoms with Gasteiger partial charge in [-0.05, 0) is 42.5 Å². The lowest BCUT2D eigenvalue weighted by Crippen LogP contribution is -2.20. The Labute approximate surface area is 95.5 Å². The number of hydrogen-bond acceptors (Lipinski definition) is 3. The Morgan fingerprint density at radius 2 is 2.38 bits per heavy atom. The summed E-state index contributed by atoms with van der Waals surface area (Å²) in [6.07, 6.45) is 8.50. The van der Waals surface area contributed by atoms with Gasteiger partial charge >= 0.3 is 0 Å². The van der Waals surface area contributed by atoms with Crippen LogP contribution in [0, 0.1) is 5.92 Å². The normalized spacial score (nSPS) is 27.7. The number of hydrogen-bond donors (Lipinski definition) is 1. The Balaban J connectivity index is 1.87. The highest BCUT2D eigenvalue weighted by molar-refractivity contribution is 5.69. The molecule has 0 unspecified atom stereocenters. The van der Waals surface area contributed by atoms with E-state index < -0.39 is 0 Å². The molecule has 1 aromatic rings. The standard InChI is InChI=1S/C13H16N2O/c1-16-12-5-11(7-14-8-12)10-4-9-2-3-15-13(9)6-10/h5-9,13,15H,2-4H2,1H3/t9-,13+/m1/s1. The first-order valence-electron chi connectivity index (χ1n) is 5.80. The van der Waals surface area contributed by atoms with Gasteiger partial charge in [0.15, 0.2) is 0 Å². The van der Waals surface area contributed by atoms with Gasteiger partial charge in [-0.15, -0.1) is 0 Å². The fraction of sp³-hybridized carbons (Fsp3) is 0.462. The topological polar surface area (TPSA) is 34.1 Å². The summed E-state index contributed by atoms with van der Waals surface area (Å²) in [7, 11) is 1.68. The molecule has 2 heterocycles. The van der Waals surface area contributed by atoms with E-state index in [1.165, 1.54) is 24.0 Å². The van der Waals surface area contributed by atoms with Crippen LogP contribution in [0.2, 0.25) is 0 Å². The second kappa shape index (κ2) is 3.91. The molecular weight excluding hydrogens is 200 g/mol. The molecule has 16 heavy (non-hydrogen) atoms. The van der Waals surface area contributed by atoms with Crippen LogP contribution < -0.4 is 10.1 Å². The zero-order chi connectivity index (χ0) is 11.0. The van der Waals surface area contributed by atoms with E-state index >= 15 is 0 Å². The predicted octanol–water partition coefficient (Wildman–Crippen LogP) is 1.86. The molecule has 3 nitrogen and oxygen atoms in total. The van der Waals surface area contributed by atoms with Crippen LogP contribution >= 0.6 is 0 Å². The van der Waals surface area contributed by atoms with Crippen molar-refractivity contribution in [3.05, 3.63) is 30.1 Å². The molecule has 84 valence electrons. The summed E-state index contributed by atoms with van der Waals surface area (Å²) in [6, 6.07) is 2.65. The van der Waals surface area contributed by atoms with Crippen molar-refractivity contribution in [2.45, 2.75) is 18.9 Å². The number of nitrogens with one attached hydrogen (secondary N) is 1. The molecule has 0 spiro atoms. The Kier molecular flexibility index (Phi) is 2.40. The molecular formula is C13H16N2O. The van der Waals surface area contributed by atoms with Gasteiger partial charge in [0.25, 0.3) is 0 Å². The Bertz CT molecular complexity index is 428. The molecule has 0 radical (unpaired) electrons. The maximum atomic E-state index is 5.20. The fourth-order valence-electron chi connectivity index (χ4n) is 2.69. The number of pyridine rings is 1. The third-order valence-electron chi connectivity index (χ3n) is 3.59. The average molecular weight is 216 g/mol. The minimum absolute atomic E-state index is 0.584. The van der Waals surface area contributed by atoms with Crippen molar-refractivity contribution < 1.29 is 4.74 Å². The minimum Gasteiger partial charge on any atom is -0.495 e. The quantitative estimate of drug-likeness (QED) is 0.819. The van der Waals surface area contributed by atoms with Crippen LogP contribution in [-0.2, 0) is 0 Å². The smallest absolute Gasteiger partial charge is 0.137 e. The van der Waals surface area contributed by atoms with Gasteiger partial charge in [0.1, 0.15) is 5.75 Å². The molecule has 0 amide bonds. The number of aromatic nitrogens is 1. The molecule has 2 atom stereocenters. The number of ether oxygens (including phenoxy) is 1. The lowest BCUT2D eigenvalue weighted by Gasteiger charge is -2.07. The van der Waals surface area contributed by atoms with Crippen molar-refractivity contribution in [3.63, 3.8) is 0 Å². The highest BCUT2D eigenvalue weighted by Crippen LogP contribution is 2.37. The zero-order valence-corrected chi connectivity index (χ0v) is 9.44. The lowest BCUT2D eigenvalue weighted by atomic mass is 10.00. The SMILES string of the molecule is COc1cncc(C2=C[C@@H]3NCC[C@@H]3C2)c1. The van der Waals surface area contributed by atoms with Crippen molar-refractivity contribution >= 4 is 5.57 Å². The van der Waals surface area contributed by atoms with E-state index in [-0.39, 0.29) is 0 Å².